The molecule has 8 nitrogen and oxygen atoms in total. The third-order valence-electron chi connectivity index (χ3n) is 3.51. The van der Waals surface area contributed by atoms with Crippen molar-refractivity contribution in [2.45, 2.75) is 13.3 Å². The van der Waals surface area contributed by atoms with E-state index in [9.17, 15) is 9.00 Å². The first-order valence-electron chi connectivity index (χ1n) is 7.69. The van der Waals surface area contributed by atoms with Crippen molar-refractivity contribution < 1.29 is 9.00 Å². The zero-order chi connectivity index (χ0) is 18.4. The van der Waals surface area contributed by atoms with E-state index < -0.39 is 9.73 Å². The van der Waals surface area contributed by atoms with Crippen molar-refractivity contribution in [2.75, 3.05) is 30.1 Å². The second-order valence-electron chi connectivity index (χ2n) is 5.32. The zero-order valence-corrected chi connectivity index (χ0v) is 15.7. The van der Waals surface area contributed by atoms with E-state index in [1.54, 1.807) is 29.3 Å². The van der Waals surface area contributed by atoms with E-state index >= 15 is 0 Å². The Hall–Kier alpha value is -1.97. The minimum atomic E-state index is -2.46. The van der Waals surface area contributed by atoms with Gasteiger partial charge in [0.1, 0.15) is 5.69 Å². The minimum Gasteiger partial charge on any atom is -0.312 e. The first-order chi connectivity index (χ1) is 11.9. The summed E-state index contributed by atoms with van der Waals surface area (Å²) in [6.45, 7) is 2.23. The lowest BCUT2D eigenvalue weighted by atomic mass is 10.3. The number of nitrogens with two attached hydrogens (primary N) is 1. The smallest absolute Gasteiger partial charge is 0.228 e. The fourth-order valence-corrected chi connectivity index (χ4v) is 3.49. The molecule has 0 aromatic carbocycles. The molecule has 2 rings (SSSR count). The van der Waals surface area contributed by atoms with Gasteiger partial charge in [-0.1, -0.05) is 11.6 Å². The van der Waals surface area contributed by atoms with Crippen LogP contribution in [0.3, 0.4) is 0 Å². The summed E-state index contributed by atoms with van der Waals surface area (Å²) in [5.41, 5.74) is 6.53. The van der Waals surface area contributed by atoms with Crippen LogP contribution < -0.4 is 10.6 Å². The van der Waals surface area contributed by atoms with Gasteiger partial charge < -0.3 is 10.6 Å². The topological polar surface area (TPSA) is 106 Å². The lowest BCUT2D eigenvalue weighted by Crippen LogP contribution is -2.32. The third-order valence-corrected chi connectivity index (χ3v) is 5.44. The molecule has 0 aliphatic heterocycles. The molecule has 2 N–H and O–H groups in total. The van der Waals surface area contributed by atoms with E-state index in [1.165, 1.54) is 11.2 Å². The maximum absolute atomic E-state index is 12.5. The number of nitrogens with zero attached hydrogens (tertiary/aromatic N) is 5. The van der Waals surface area contributed by atoms with Gasteiger partial charge in [-0.2, -0.15) is 5.10 Å². The van der Waals surface area contributed by atoms with Gasteiger partial charge in [0, 0.05) is 40.9 Å². The number of pyridine rings is 1. The molecule has 1 atom stereocenters. The summed E-state index contributed by atoms with van der Waals surface area (Å²) in [5, 5.41) is 4.44. The Kier molecular flexibility index (Phi) is 6.51. The number of aromatic nitrogens is 3. The number of hydrogen-bond donors (Lipinski definition) is 1. The average Bonchev–Trinajstić information content (AvgIpc) is 2.96. The maximum atomic E-state index is 12.5. The Morgan fingerprint density at radius 2 is 2.28 bits per heavy atom. The summed E-state index contributed by atoms with van der Waals surface area (Å²) in [5.74, 6) is -0.0506. The molecular weight excluding hydrogens is 364 g/mol. The van der Waals surface area contributed by atoms with E-state index in [2.05, 4.69) is 14.4 Å². The molecule has 0 aliphatic carbocycles. The molecule has 2 aromatic heterocycles. The molecule has 1 unspecified atom stereocenters. The fraction of sp³-hybridized carbons (Fsp3) is 0.400. The van der Waals surface area contributed by atoms with Crippen molar-refractivity contribution in [3.8, 4) is 5.69 Å². The van der Waals surface area contributed by atoms with Crippen LogP contribution in [0.15, 0.2) is 35.1 Å². The summed E-state index contributed by atoms with van der Waals surface area (Å²) >= 11 is 6.21. The van der Waals surface area contributed by atoms with Gasteiger partial charge in [-0.3, -0.25) is 9.78 Å². The highest BCUT2D eigenvalue weighted by atomic mass is 35.5. The number of halogens is 1. The van der Waals surface area contributed by atoms with Crippen LogP contribution in [-0.2, 0) is 14.5 Å². The molecule has 0 saturated heterocycles. The van der Waals surface area contributed by atoms with Crippen LogP contribution in [0.25, 0.3) is 5.69 Å². The first-order valence-corrected chi connectivity index (χ1v) is 10.2. The molecule has 10 heteroatoms. The van der Waals surface area contributed by atoms with Crippen molar-refractivity contribution in [1.29, 1.82) is 0 Å². The molecule has 136 valence electrons. The molecular formula is C15H21ClN6O2S. The van der Waals surface area contributed by atoms with Crippen LogP contribution >= 0.6 is 11.6 Å². The molecule has 25 heavy (non-hydrogen) atoms. The van der Waals surface area contributed by atoms with Gasteiger partial charge in [-0.25, -0.2) is 13.3 Å². The third kappa shape index (κ3) is 5.00. The molecule has 0 aliphatic rings. The molecule has 2 aromatic rings. The second kappa shape index (κ2) is 8.41. The summed E-state index contributed by atoms with van der Waals surface area (Å²) in [6, 6.07) is 3.62. The lowest BCUT2D eigenvalue weighted by Gasteiger charge is -2.19. The Morgan fingerprint density at radius 1 is 1.52 bits per heavy atom. The zero-order valence-electron chi connectivity index (χ0n) is 14.1. The maximum Gasteiger partial charge on any atom is 0.228 e. The molecule has 0 fully saturated rings. The predicted molar refractivity (Wildman–Crippen MR) is 99.4 cm³/mol. The quantitative estimate of drug-likeness (QED) is 0.781. The van der Waals surface area contributed by atoms with Gasteiger partial charge in [0.25, 0.3) is 0 Å². The lowest BCUT2D eigenvalue weighted by molar-refractivity contribution is -0.118. The fourth-order valence-electron chi connectivity index (χ4n) is 2.26. The predicted octanol–water partition coefficient (Wildman–Crippen LogP) is 1.68. The number of amides is 1. The van der Waals surface area contributed by atoms with Crippen molar-refractivity contribution in [1.82, 2.24) is 14.8 Å². The standard InChI is InChI=1S/C15H21ClN6O2S/c1-3-21(14(23)6-8-25(2,24)19-11-17)13-10-22(20-15(13)16)12-5-4-7-18-9-12/h4-5,7,9-10H,3,6,8,11,17H2,1-2H3. The molecule has 0 spiro atoms. The second-order valence-corrected chi connectivity index (χ2v) is 8.27. The van der Waals surface area contributed by atoms with Crippen molar-refractivity contribution in [3.63, 3.8) is 0 Å². The van der Waals surface area contributed by atoms with Crippen LogP contribution in [0, 0.1) is 0 Å². The van der Waals surface area contributed by atoms with Gasteiger partial charge >= 0.3 is 0 Å². The first kappa shape index (κ1) is 19.4. The van der Waals surface area contributed by atoms with Crippen molar-refractivity contribution >= 4 is 32.9 Å². The highest BCUT2D eigenvalue weighted by Crippen LogP contribution is 2.26. The van der Waals surface area contributed by atoms with Crippen LogP contribution in [0.4, 0.5) is 5.69 Å². The highest BCUT2D eigenvalue weighted by molar-refractivity contribution is 7.92. The number of rotatable bonds is 7. The summed E-state index contributed by atoms with van der Waals surface area (Å²) in [7, 11) is -2.46. The van der Waals surface area contributed by atoms with Crippen LogP contribution in [0.1, 0.15) is 13.3 Å². The molecule has 0 bridgehead atoms. The SMILES string of the molecule is CCN(C(=O)CCS(C)(=O)=NCN)c1cn(-c2cccnc2)nc1Cl. The number of anilines is 1. The monoisotopic (exact) mass is 384 g/mol. The average molecular weight is 385 g/mol. The minimum absolute atomic E-state index is 0.0231. The number of carbonyl (C=O) groups is 1. The Labute approximate surface area is 152 Å². The Balaban J connectivity index is 2.20. The van der Waals surface area contributed by atoms with Gasteiger partial charge in [0.2, 0.25) is 5.91 Å². The van der Waals surface area contributed by atoms with E-state index in [1.807, 2.05) is 13.0 Å². The van der Waals surface area contributed by atoms with Crippen molar-refractivity contribution in [2.24, 2.45) is 10.1 Å². The van der Waals surface area contributed by atoms with E-state index in [0.717, 1.165) is 5.69 Å². The normalized spacial score (nSPS) is 13.3. The van der Waals surface area contributed by atoms with E-state index in [0.29, 0.717) is 12.2 Å². The van der Waals surface area contributed by atoms with Gasteiger partial charge in [0.15, 0.2) is 5.15 Å². The van der Waals surface area contributed by atoms with E-state index in [4.69, 9.17) is 17.3 Å². The molecule has 0 saturated carbocycles. The molecule has 2 heterocycles. The highest BCUT2D eigenvalue weighted by Gasteiger charge is 2.21. The van der Waals surface area contributed by atoms with Gasteiger partial charge in [-0.15, -0.1) is 0 Å². The van der Waals surface area contributed by atoms with Gasteiger partial charge in [0.05, 0.1) is 24.7 Å². The van der Waals surface area contributed by atoms with Crippen LogP contribution in [0.2, 0.25) is 5.15 Å². The largest absolute Gasteiger partial charge is 0.312 e. The van der Waals surface area contributed by atoms with Crippen LogP contribution in [0.5, 0.6) is 0 Å². The van der Waals surface area contributed by atoms with Gasteiger partial charge in [-0.05, 0) is 19.1 Å². The Bertz CT molecular complexity index is 845. The van der Waals surface area contributed by atoms with Crippen molar-refractivity contribution in [3.05, 3.63) is 35.9 Å². The summed E-state index contributed by atoms with van der Waals surface area (Å²) < 4.78 is 17.5. The molecule has 0 radical (unpaired) electrons. The Morgan fingerprint density at radius 3 is 2.88 bits per heavy atom. The van der Waals surface area contributed by atoms with Crippen LogP contribution in [-0.4, -0.2) is 50.1 Å². The van der Waals surface area contributed by atoms with E-state index in [-0.39, 0.29) is 29.9 Å². The number of hydrogen-bond acceptors (Lipinski definition) is 6. The number of carbonyl (C=O) groups excluding carboxylic acids is 1. The summed E-state index contributed by atoms with van der Waals surface area (Å²) in [6.07, 6.45) is 6.56. The molecule has 1 amide bonds. The summed E-state index contributed by atoms with van der Waals surface area (Å²) in [4.78, 5) is 18.1.